The summed E-state index contributed by atoms with van der Waals surface area (Å²) in [5, 5.41) is 13.9. The van der Waals surface area contributed by atoms with E-state index in [1.807, 2.05) is 30.3 Å². The van der Waals surface area contributed by atoms with Gasteiger partial charge in [0, 0.05) is 28.6 Å². The van der Waals surface area contributed by atoms with Crippen molar-refractivity contribution in [3.63, 3.8) is 0 Å². The topological polar surface area (TPSA) is 77.6 Å². The first-order valence-corrected chi connectivity index (χ1v) is 9.89. The summed E-state index contributed by atoms with van der Waals surface area (Å²) < 4.78 is 10.3. The van der Waals surface area contributed by atoms with Crippen LogP contribution in [0.15, 0.2) is 42.5 Å². The molecule has 7 heteroatoms. The summed E-state index contributed by atoms with van der Waals surface area (Å²) in [5.41, 5.74) is 4.31. The maximum Gasteiger partial charge on any atom is 0.331 e. The number of ether oxygens (including phenoxy) is 2. The predicted octanol–water partition coefficient (Wildman–Crippen LogP) is 2.70. The summed E-state index contributed by atoms with van der Waals surface area (Å²) >= 11 is 0. The van der Waals surface area contributed by atoms with Gasteiger partial charge in [-0.1, -0.05) is 24.3 Å². The summed E-state index contributed by atoms with van der Waals surface area (Å²) in [7, 11) is 1.47. The van der Waals surface area contributed by atoms with Crippen LogP contribution < -0.4 is 9.47 Å². The van der Waals surface area contributed by atoms with E-state index in [4.69, 9.17) is 9.47 Å². The van der Waals surface area contributed by atoms with Crippen LogP contribution in [0.4, 0.5) is 0 Å². The van der Waals surface area contributed by atoms with E-state index < -0.39 is 10.7 Å². The molecule has 3 atom stereocenters. The van der Waals surface area contributed by atoms with E-state index in [0.29, 0.717) is 13.0 Å². The number of nitrogens with one attached hydrogen (secondary N) is 1. The lowest BCUT2D eigenvalue weighted by molar-refractivity contribution is -0.789. The van der Waals surface area contributed by atoms with Gasteiger partial charge in [0.2, 0.25) is 6.79 Å². The van der Waals surface area contributed by atoms with Crippen molar-refractivity contribution in [2.24, 2.45) is 0 Å². The Morgan fingerprint density at radius 3 is 2.90 bits per heavy atom. The molecule has 1 unspecified atom stereocenters. The Labute approximate surface area is 167 Å². The van der Waals surface area contributed by atoms with Crippen LogP contribution in [0, 0.1) is 5.21 Å². The number of para-hydroxylation sites is 1. The minimum absolute atomic E-state index is 0.126. The summed E-state index contributed by atoms with van der Waals surface area (Å²) in [6.07, 6.45) is 0.528. The second-order valence-electron chi connectivity index (χ2n) is 8.20. The molecule has 7 nitrogen and oxygen atoms in total. The molecule has 0 spiro atoms. The van der Waals surface area contributed by atoms with Gasteiger partial charge in [0.1, 0.15) is 6.04 Å². The summed E-state index contributed by atoms with van der Waals surface area (Å²) in [6.45, 7) is 1.04. The van der Waals surface area contributed by atoms with Gasteiger partial charge in [-0.2, -0.15) is 0 Å². The molecule has 148 valence electrons. The third-order valence-electron chi connectivity index (χ3n) is 6.48. The third kappa shape index (κ3) is 2.38. The van der Waals surface area contributed by atoms with Gasteiger partial charge in [-0.25, -0.2) is 4.79 Å². The second kappa shape index (κ2) is 5.82. The van der Waals surface area contributed by atoms with Crippen LogP contribution in [-0.2, 0) is 11.2 Å². The van der Waals surface area contributed by atoms with Crippen LogP contribution in [-0.4, -0.2) is 53.4 Å². The summed E-state index contributed by atoms with van der Waals surface area (Å²) in [5.74, 6) is 1.18. The van der Waals surface area contributed by atoms with Gasteiger partial charge < -0.3 is 19.7 Å². The van der Waals surface area contributed by atoms with Crippen LogP contribution in [0.3, 0.4) is 0 Å². The fourth-order valence-electron chi connectivity index (χ4n) is 5.04. The number of carbonyl (C=O) groups excluding carboxylic acids is 1. The van der Waals surface area contributed by atoms with Gasteiger partial charge in [0.25, 0.3) is 0 Å². The van der Waals surface area contributed by atoms with Gasteiger partial charge in [-0.05, 0) is 23.8 Å². The number of piperazine rings is 1. The van der Waals surface area contributed by atoms with Crippen LogP contribution >= 0.6 is 0 Å². The first-order valence-electron chi connectivity index (χ1n) is 9.89. The van der Waals surface area contributed by atoms with Crippen LogP contribution in [0.25, 0.3) is 10.9 Å². The zero-order chi connectivity index (χ0) is 19.8. The molecule has 1 saturated heterocycles. The average molecular weight is 391 g/mol. The number of fused-ring (bicyclic) bond motifs is 5. The number of carbonyl (C=O) groups is 1. The standard InChI is InChI=1S/C22H21N3O4/c1-25(27)9-8-24-17(22(25)26)11-16-20(14-4-2-3-5-15(14)23-16)21(24)13-6-7-18-19(10-13)29-12-28-18/h2-7,10,17,21,23H,8-9,11-12H2,1H3/t17-,21+,25?/m1/s1. The van der Waals surface area contributed by atoms with E-state index in [0.717, 1.165) is 33.7 Å². The van der Waals surface area contributed by atoms with Crippen molar-refractivity contribution < 1.29 is 18.9 Å². The summed E-state index contributed by atoms with van der Waals surface area (Å²) in [4.78, 5) is 18.7. The van der Waals surface area contributed by atoms with Crippen LogP contribution in [0.1, 0.15) is 22.9 Å². The fourth-order valence-corrected chi connectivity index (χ4v) is 5.04. The lowest BCUT2D eigenvalue weighted by atomic mass is 9.85. The molecule has 0 radical (unpaired) electrons. The second-order valence-corrected chi connectivity index (χ2v) is 8.20. The lowest BCUT2D eigenvalue weighted by Gasteiger charge is -2.50. The van der Waals surface area contributed by atoms with Gasteiger partial charge >= 0.3 is 5.91 Å². The molecule has 4 heterocycles. The van der Waals surface area contributed by atoms with Crippen molar-refractivity contribution in [3.8, 4) is 11.5 Å². The van der Waals surface area contributed by atoms with Crippen molar-refractivity contribution in [1.29, 1.82) is 0 Å². The molecule has 2 aromatic carbocycles. The number of aromatic amines is 1. The highest BCUT2D eigenvalue weighted by molar-refractivity contribution is 5.87. The number of hydrogen-bond acceptors (Lipinski definition) is 5. The monoisotopic (exact) mass is 391 g/mol. The quantitative estimate of drug-likeness (QED) is 0.510. The molecule has 1 fully saturated rings. The number of benzene rings is 2. The number of quaternary nitrogens is 1. The number of rotatable bonds is 1. The predicted molar refractivity (Wildman–Crippen MR) is 106 cm³/mol. The number of amides is 1. The van der Waals surface area contributed by atoms with E-state index in [2.05, 4.69) is 22.0 Å². The highest BCUT2D eigenvalue weighted by atomic mass is 16.7. The molecule has 1 aromatic heterocycles. The Bertz CT molecular complexity index is 1150. The first kappa shape index (κ1) is 17.0. The van der Waals surface area contributed by atoms with E-state index in [9.17, 15) is 10.0 Å². The van der Waals surface area contributed by atoms with Crippen molar-refractivity contribution in [2.75, 3.05) is 26.9 Å². The first-order chi connectivity index (χ1) is 14.0. The molecule has 0 saturated carbocycles. The Hall–Kier alpha value is -2.87. The largest absolute Gasteiger partial charge is 0.625 e. The average Bonchev–Trinajstić information content (AvgIpc) is 3.33. The number of nitrogens with zero attached hydrogens (tertiary/aromatic N) is 2. The maximum atomic E-state index is 13.0. The van der Waals surface area contributed by atoms with Gasteiger partial charge in [-0.3, -0.25) is 9.55 Å². The maximum absolute atomic E-state index is 13.0. The zero-order valence-corrected chi connectivity index (χ0v) is 16.1. The number of H-pyrrole nitrogens is 1. The normalized spacial score (nSPS) is 28.4. The molecule has 1 amide bonds. The molecule has 3 aliphatic heterocycles. The van der Waals surface area contributed by atoms with Crippen molar-refractivity contribution >= 4 is 16.8 Å². The Morgan fingerprint density at radius 1 is 1.17 bits per heavy atom. The number of hydroxylamine groups is 3. The molecule has 29 heavy (non-hydrogen) atoms. The van der Waals surface area contributed by atoms with E-state index in [1.165, 1.54) is 12.6 Å². The van der Waals surface area contributed by atoms with Crippen LogP contribution in [0.5, 0.6) is 11.5 Å². The molecule has 1 N–H and O–H groups in total. The number of hydrogen-bond donors (Lipinski definition) is 1. The highest BCUT2D eigenvalue weighted by Gasteiger charge is 2.48. The Morgan fingerprint density at radius 2 is 2.00 bits per heavy atom. The third-order valence-corrected chi connectivity index (χ3v) is 6.48. The number of aromatic nitrogens is 1. The smallest absolute Gasteiger partial charge is 0.331 e. The lowest BCUT2D eigenvalue weighted by Crippen LogP contribution is -2.65. The van der Waals surface area contributed by atoms with Gasteiger partial charge in [-0.15, -0.1) is 0 Å². The van der Waals surface area contributed by atoms with E-state index in [1.54, 1.807) is 0 Å². The van der Waals surface area contributed by atoms with E-state index >= 15 is 0 Å². The highest BCUT2D eigenvalue weighted by Crippen LogP contribution is 2.45. The minimum atomic E-state index is -0.815. The molecular weight excluding hydrogens is 370 g/mol. The van der Waals surface area contributed by atoms with Crippen molar-refractivity contribution in [3.05, 3.63) is 64.5 Å². The minimum Gasteiger partial charge on any atom is -0.625 e. The molecule has 0 bridgehead atoms. The molecule has 6 rings (SSSR count). The Kier molecular flexibility index (Phi) is 3.42. The van der Waals surface area contributed by atoms with Gasteiger partial charge in [0.05, 0.1) is 26.2 Å². The molecule has 3 aromatic rings. The van der Waals surface area contributed by atoms with Gasteiger partial charge in [0.15, 0.2) is 11.5 Å². The molecule has 0 aliphatic carbocycles. The van der Waals surface area contributed by atoms with Crippen molar-refractivity contribution in [2.45, 2.75) is 18.5 Å². The molecular formula is C22H21N3O4. The Balaban J connectivity index is 1.57. The number of likely N-dealkylation sites (N-methyl/N-ethyl adjacent to an activating group) is 1. The van der Waals surface area contributed by atoms with Crippen LogP contribution in [0.2, 0.25) is 0 Å². The fraction of sp³-hybridized carbons (Fsp3) is 0.318. The van der Waals surface area contributed by atoms with E-state index in [-0.39, 0.29) is 25.3 Å². The molecule has 3 aliphatic rings. The zero-order valence-electron chi connectivity index (χ0n) is 16.1. The van der Waals surface area contributed by atoms with Crippen molar-refractivity contribution in [1.82, 2.24) is 9.88 Å². The summed E-state index contributed by atoms with van der Waals surface area (Å²) in [6, 6.07) is 13.6. The SMILES string of the molecule is C[N+]1([O-])CCN2[C@@H](c3ccc4c(c3)OCO4)c3c([nH]c4ccccc34)C[C@@H]2C1=O.